The maximum Gasteiger partial charge on any atom is 0.165 e. The zero-order chi connectivity index (χ0) is 24.6. The number of benzene rings is 4. The number of amidine groups is 1. The number of aromatic hydroxyl groups is 1. The number of aliphatic imine (C=N–C) groups is 1. The van der Waals surface area contributed by atoms with Crippen LogP contribution in [0.2, 0.25) is 10.0 Å². The first-order valence-electron chi connectivity index (χ1n) is 10.9. The van der Waals surface area contributed by atoms with Gasteiger partial charge < -0.3 is 10.0 Å². The van der Waals surface area contributed by atoms with Crippen LogP contribution in [0.25, 0.3) is 0 Å². The molecule has 0 aliphatic carbocycles. The van der Waals surface area contributed by atoms with Crippen molar-refractivity contribution in [2.45, 2.75) is 24.5 Å². The van der Waals surface area contributed by atoms with Crippen molar-refractivity contribution in [2.24, 2.45) is 4.99 Å². The number of phenolic OH excluding ortho intramolecular Hbond substituents is 1. The molecule has 0 saturated carbocycles. The summed E-state index contributed by atoms with van der Waals surface area (Å²) in [6.45, 7) is 1.43. The van der Waals surface area contributed by atoms with Gasteiger partial charge in [0.25, 0.3) is 0 Å². The first kappa shape index (κ1) is 25.1. The Hall–Kier alpha value is -2.99. The predicted molar refractivity (Wildman–Crippen MR) is 144 cm³/mol. The summed E-state index contributed by atoms with van der Waals surface area (Å²) >= 11 is 14.0. The Kier molecular flexibility index (Phi) is 8.69. The van der Waals surface area contributed by atoms with Crippen LogP contribution < -0.4 is 0 Å². The molecule has 35 heavy (non-hydrogen) atoms. The molecule has 1 N–H and O–H groups in total. The molecule has 0 spiro atoms. The zero-order valence-electron chi connectivity index (χ0n) is 18.7. The molecule has 0 fully saturated rings. The van der Waals surface area contributed by atoms with Crippen LogP contribution in [-0.4, -0.2) is 15.2 Å². The van der Waals surface area contributed by atoms with Crippen molar-refractivity contribution in [3.63, 3.8) is 0 Å². The Labute approximate surface area is 218 Å². The molecule has 0 amide bonds. The van der Waals surface area contributed by atoms with Crippen LogP contribution >= 0.6 is 35.0 Å². The van der Waals surface area contributed by atoms with Gasteiger partial charge in [0.2, 0.25) is 0 Å². The van der Waals surface area contributed by atoms with Crippen molar-refractivity contribution >= 4 is 40.1 Å². The van der Waals surface area contributed by atoms with E-state index in [-0.39, 0.29) is 11.6 Å². The largest absolute Gasteiger partial charge is 0.508 e. The Morgan fingerprint density at radius 1 is 0.771 bits per heavy atom. The van der Waals surface area contributed by atoms with Crippen molar-refractivity contribution in [3.8, 4) is 5.75 Å². The van der Waals surface area contributed by atoms with E-state index < -0.39 is 0 Å². The summed E-state index contributed by atoms with van der Waals surface area (Å²) in [5.41, 5.74) is 2.82. The van der Waals surface area contributed by atoms with E-state index in [1.807, 2.05) is 54.6 Å². The highest BCUT2D eigenvalue weighted by molar-refractivity contribution is 8.13. The fraction of sp³-hybridized carbons (Fsp3) is 0.107. The normalized spacial score (nSPS) is 11.5. The van der Waals surface area contributed by atoms with Crippen LogP contribution in [0.4, 0.5) is 4.39 Å². The summed E-state index contributed by atoms with van der Waals surface area (Å²) in [5.74, 6) is -0.0701. The molecule has 0 atom stereocenters. The van der Waals surface area contributed by atoms with Crippen LogP contribution in [0.15, 0.2) is 107 Å². The van der Waals surface area contributed by atoms with E-state index >= 15 is 0 Å². The highest BCUT2D eigenvalue weighted by atomic mass is 35.5. The van der Waals surface area contributed by atoms with Gasteiger partial charge in [0.05, 0.1) is 16.6 Å². The van der Waals surface area contributed by atoms with E-state index in [4.69, 9.17) is 28.2 Å². The quantitative estimate of drug-likeness (QED) is 0.150. The van der Waals surface area contributed by atoms with Gasteiger partial charge in [0, 0.05) is 18.0 Å². The summed E-state index contributed by atoms with van der Waals surface area (Å²) in [7, 11) is 0. The highest BCUT2D eigenvalue weighted by Gasteiger charge is 2.16. The van der Waals surface area contributed by atoms with Crippen LogP contribution in [0.5, 0.6) is 5.75 Å². The van der Waals surface area contributed by atoms with Gasteiger partial charge in [0.1, 0.15) is 11.6 Å². The second kappa shape index (κ2) is 12.1. The standard InChI is InChI=1S/C28H23Cl2FN2OS/c29-26-14-11-22(16-27(26)30)19-33(18-21-5-4-6-24(34)15-21)28(35-25-7-2-1-3-8-25)32-17-20-9-12-23(31)13-10-20/h1-16,34H,17-19H2. The summed E-state index contributed by atoms with van der Waals surface area (Å²) in [6.07, 6.45) is 0. The SMILES string of the molecule is Oc1cccc(CN(Cc2ccc(Cl)c(Cl)c2)C(=NCc2ccc(F)cc2)Sc2ccccc2)c1. The summed E-state index contributed by atoms with van der Waals surface area (Å²) in [4.78, 5) is 8.11. The molecule has 7 heteroatoms. The third kappa shape index (κ3) is 7.49. The maximum absolute atomic E-state index is 13.4. The lowest BCUT2D eigenvalue weighted by molar-refractivity contribution is 0.410. The molecule has 0 radical (unpaired) electrons. The fourth-order valence-electron chi connectivity index (χ4n) is 3.46. The minimum atomic E-state index is -0.276. The van der Waals surface area contributed by atoms with Crippen molar-refractivity contribution in [1.29, 1.82) is 0 Å². The molecular formula is C28H23Cl2FN2OS. The minimum Gasteiger partial charge on any atom is -0.508 e. The van der Waals surface area contributed by atoms with Crippen molar-refractivity contribution in [2.75, 3.05) is 0 Å². The molecule has 0 aromatic heterocycles. The average molecular weight is 525 g/mol. The van der Waals surface area contributed by atoms with Gasteiger partial charge in [-0.3, -0.25) is 4.99 Å². The van der Waals surface area contributed by atoms with Crippen LogP contribution in [0, 0.1) is 5.82 Å². The van der Waals surface area contributed by atoms with Crippen molar-refractivity contribution in [3.05, 3.63) is 130 Å². The van der Waals surface area contributed by atoms with Gasteiger partial charge in [-0.15, -0.1) is 0 Å². The van der Waals surface area contributed by atoms with E-state index in [9.17, 15) is 9.50 Å². The van der Waals surface area contributed by atoms with E-state index in [0.29, 0.717) is 29.7 Å². The van der Waals surface area contributed by atoms with Gasteiger partial charge in [-0.25, -0.2) is 4.39 Å². The van der Waals surface area contributed by atoms with Gasteiger partial charge in [-0.1, -0.05) is 83.5 Å². The summed E-state index contributed by atoms with van der Waals surface area (Å²) in [6, 6.07) is 29.1. The molecule has 0 unspecified atom stereocenters. The van der Waals surface area contributed by atoms with E-state index in [2.05, 4.69) is 4.90 Å². The first-order valence-corrected chi connectivity index (χ1v) is 12.5. The number of nitrogens with zero attached hydrogens (tertiary/aromatic N) is 2. The molecule has 0 aliphatic heterocycles. The lowest BCUT2D eigenvalue weighted by atomic mass is 10.1. The summed E-state index contributed by atoms with van der Waals surface area (Å²) in [5, 5.41) is 11.8. The Morgan fingerprint density at radius 3 is 2.14 bits per heavy atom. The molecule has 178 valence electrons. The monoisotopic (exact) mass is 524 g/mol. The second-order valence-corrected chi connectivity index (χ2v) is 9.77. The predicted octanol–water partition coefficient (Wildman–Crippen LogP) is 8.19. The van der Waals surface area contributed by atoms with Gasteiger partial charge >= 0.3 is 0 Å². The first-order chi connectivity index (χ1) is 17.0. The lowest BCUT2D eigenvalue weighted by Crippen LogP contribution is -2.28. The molecule has 0 aliphatic rings. The summed E-state index contributed by atoms with van der Waals surface area (Å²) < 4.78 is 13.4. The average Bonchev–Trinajstić information content (AvgIpc) is 2.85. The minimum absolute atomic E-state index is 0.206. The maximum atomic E-state index is 13.4. The van der Waals surface area contributed by atoms with Crippen LogP contribution in [-0.2, 0) is 19.6 Å². The smallest absolute Gasteiger partial charge is 0.165 e. The third-order valence-corrected chi connectivity index (χ3v) is 6.99. The number of phenols is 1. The lowest BCUT2D eigenvalue weighted by Gasteiger charge is -2.26. The topological polar surface area (TPSA) is 35.8 Å². The van der Waals surface area contributed by atoms with E-state index in [1.165, 1.54) is 12.1 Å². The number of thioether (sulfide) groups is 1. The molecular weight excluding hydrogens is 502 g/mol. The van der Waals surface area contributed by atoms with E-state index in [0.717, 1.165) is 26.8 Å². The molecule has 0 saturated heterocycles. The number of hydrogen-bond donors (Lipinski definition) is 1. The zero-order valence-corrected chi connectivity index (χ0v) is 21.1. The van der Waals surface area contributed by atoms with Gasteiger partial charge in [0.15, 0.2) is 5.17 Å². The van der Waals surface area contributed by atoms with E-state index in [1.54, 1.807) is 42.1 Å². The molecule has 4 rings (SSSR count). The number of hydrogen-bond acceptors (Lipinski definition) is 3. The van der Waals surface area contributed by atoms with Crippen molar-refractivity contribution in [1.82, 2.24) is 4.90 Å². The highest BCUT2D eigenvalue weighted by Crippen LogP contribution is 2.28. The molecule has 4 aromatic rings. The molecule has 4 aromatic carbocycles. The van der Waals surface area contributed by atoms with Gasteiger partial charge in [-0.05, 0) is 65.2 Å². The van der Waals surface area contributed by atoms with Crippen LogP contribution in [0.3, 0.4) is 0 Å². The Bertz CT molecular complexity index is 1300. The number of rotatable bonds is 7. The Morgan fingerprint density at radius 2 is 1.46 bits per heavy atom. The fourth-order valence-corrected chi connectivity index (χ4v) is 4.68. The molecule has 0 heterocycles. The second-order valence-electron chi connectivity index (χ2n) is 7.91. The van der Waals surface area contributed by atoms with Gasteiger partial charge in [-0.2, -0.15) is 0 Å². The van der Waals surface area contributed by atoms with Crippen molar-refractivity contribution < 1.29 is 9.50 Å². The number of halogens is 3. The Balaban J connectivity index is 1.70. The van der Waals surface area contributed by atoms with Crippen LogP contribution in [0.1, 0.15) is 16.7 Å². The third-order valence-electron chi connectivity index (χ3n) is 5.17. The molecule has 0 bridgehead atoms. The molecule has 3 nitrogen and oxygen atoms in total.